The van der Waals surface area contributed by atoms with E-state index < -0.39 is 29.6 Å². The molecule has 1 amide bonds. The number of fused-ring (bicyclic) bond motifs is 1. The third-order valence-electron chi connectivity index (χ3n) is 6.90. The molecule has 2 N–H and O–H groups in total. The van der Waals surface area contributed by atoms with E-state index in [2.05, 4.69) is 20.2 Å². The van der Waals surface area contributed by atoms with Crippen LogP contribution in [0.2, 0.25) is 0 Å². The first-order chi connectivity index (χ1) is 17.0. The van der Waals surface area contributed by atoms with Crippen LogP contribution in [0.5, 0.6) is 0 Å². The minimum Gasteiger partial charge on any atom is -0.387 e. The van der Waals surface area contributed by atoms with Crippen LogP contribution in [-0.2, 0) is 11.0 Å². The van der Waals surface area contributed by atoms with Crippen LogP contribution in [0.1, 0.15) is 67.5 Å². The summed E-state index contributed by atoms with van der Waals surface area (Å²) >= 11 is 0. The number of nitrogens with zero attached hydrogens (tertiary/aromatic N) is 4. The number of hydrogen-bond donors (Lipinski definition) is 2. The number of hydrogen-bond acceptors (Lipinski definition) is 6. The number of carbonyl (C=O) groups excluding carboxylic acids is 1. The lowest BCUT2D eigenvalue weighted by Gasteiger charge is -2.38. The third-order valence-corrected chi connectivity index (χ3v) is 6.90. The number of carbonyl (C=O) groups is 1. The zero-order valence-electron chi connectivity index (χ0n) is 20.5. The molecule has 1 aromatic heterocycles. The Bertz CT molecular complexity index is 1100. The zero-order valence-corrected chi connectivity index (χ0v) is 20.5. The van der Waals surface area contributed by atoms with Crippen LogP contribution < -0.4 is 10.2 Å². The van der Waals surface area contributed by atoms with Crippen molar-refractivity contribution in [3.05, 3.63) is 52.7 Å². The van der Waals surface area contributed by atoms with Gasteiger partial charge in [-0.3, -0.25) is 4.79 Å². The molecule has 0 unspecified atom stereocenters. The quantitative estimate of drug-likeness (QED) is 0.580. The summed E-state index contributed by atoms with van der Waals surface area (Å²) < 4.78 is 53.9. The van der Waals surface area contributed by atoms with Crippen LogP contribution in [0.25, 0.3) is 0 Å². The lowest BCUT2D eigenvalue weighted by Crippen LogP contribution is -2.51. The molecule has 11 heteroatoms. The van der Waals surface area contributed by atoms with Crippen molar-refractivity contribution in [1.82, 2.24) is 20.2 Å². The number of amides is 1. The summed E-state index contributed by atoms with van der Waals surface area (Å²) in [6.07, 6.45) is -3.26. The number of anilines is 1. The number of halogens is 4. The molecule has 4 rings (SSSR count). The number of aromatic nitrogens is 2. The molecule has 196 valence electrons. The van der Waals surface area contributed by atoms with Crippen molar-refractivity contribution >= 4 is 11.7 Å². The molecule has 2 aliphatic rings. The fourth-order valence-electron chi connectivity index (χ4n) is 4.98. The highest BCUT2D eigenvalue weighted by molar-refractivity contribution is 5.84. The predicted octanol–water partition coefficient (Wildman–Crippen LogP) is 3.61. The highest BCUT2D eigenvalue weighted by atomic mass is 19.4. The van der Waals surface area contributed by atoms with Crippen molar-refractivity contribution in [2.45, 2.75) is 57.3 Å². The van der Waals surface area contributed by atoms with E-state index in [1.54, 1.807) is 4.90 Å². The van der Waals surface area contributed by atoms with E-state index in [9.17, 15) is 27.5 Å². The van der Waals surface area contributed by atoms with Crippen molar-refractivity contribution in [2.75, 3.05) is 37.6 Å². The van der Waals surface area contributed by atoms with Gasteiger partial charge in [0.2, 0.25) is 5.91 Å². The van der Waals surface area contributed by atoms with Crippen LogP contribution in [-0.4, -0.2) is 64.6 Å². The molecule has 1 aliphatic heterocycles. The van der Waals surface area contributed by atoms with E-state index in [-0.39, 0.29) is 30.0 Å². The second-order valence-electron chi connectivity index (χ2n) is 9.81. The third kappa shape index (κ3) is 5.31. The number of alkyl halides is 3. The first-order valence-electron chi connectivity index (χ1n) is 12.1. The summed E-state index contributed by atoms with van der Waals surface area (Å²) in [5.74, 6) is -1.47. The average Bonchev–Trinajstić information content (AvgIpc) is 3.12. The van der Waals surface area contributed by atoms with Crippen molar-refractivity contribution in [1.29, 1.82) is 0 Å². The smallest absolute Gasteiger partial charge is 0.387 e. The highest BCUT2D eigenvalue weighted by Crippen LogP contribution is 2.43. The first kappa shape index (κ1) is 26.3. The molecule has 36 heavy (non-hydrogen) atoms. The molecule has 1 saturated heterocycles. The molecular formula is C25H31F4N5O2. The molecule has 0 radical (unpaired) electrons. The number of aliphatic hydroxyl groups is 1. The molecule has 1 fully saturated rings. The highest BCUT2D eigenvalue weighted by Gasteiger charge is 2.36. The molecule has 1 aliphatic carbocycles. The molecule has 0 spiro atoms. The van der Waals surface area contributed by atoms with Gasteiger partial charge in [0.05, 0.1) is 23.3 Å². The summed E-state index contributed by atoms with van der Waals surface area (Å²) in [5.41, 5.74) is 0.427. The van der Waals surface area contributed by atoms with Gasteiger partial charge >= 0.3 is 6.18 Å². The number of aliphatic hydroxyl groups excluding tert-OH is 1. The van der Waals surface area contributed by atoms with E-state index >= 15 is 0 Å². The van der Waals surface area contributed by atoms with Gasteiger partial charge in [-0.1, -0.05) is 26.8 Å². The molecule has 2 aromatic rings. The fraction of sp³-hybridized carbons (Fsp3) is 0.560. The van der Waals surface area contributed by atoms with Gasteiger partial charge < -0.3 is 20.2 Å². The Morgan fingerprint density at radius 3 is 2.50 bits per heavy atom. The summed E-state index contributed by atoms with van der Waals surface area (Å²) in [7, 11) is 0. The van der Waals surface area contributed by atoms with E-state index in [0.29, 0.717) is 44.4 Å². The zero-order chi connectivity index (χ0) is 26.2. The van der Waals surface area contributed by atoms with Crippen molar-refractivity contribution in [2.24, 2.45) is 0 Å². The van der Waals surface area contributed by atoms with Crippen molar-refractivity contribution in [3.63, 3.8) is 0 Å². The van der Waals surface area contributed by atoms with Crippen molar-refractivity contribution in [3.8, 4) is 0 Å². The second-order valence-corrected chi connectivity index (χ2v) is 9.81. The van der Waals surface area contributed by atoms with Gasteiger partial charge in [0, 0.05) is 49.9 Å². The SMILES string of the molecule is CC(C)NC[C@@H](C(=O)N1CCN(c2ncnc3c2[C@H](C)C[C@H]3O)CC1)c1ccc(C(F)(F)F)cc1F. The van der Waals surface area contributed by atoms with Crippen LogP contribution in [0.4, 0.5) is 23.4 Å². The summed E-state index contributed by atoms with van der Waals surface area (Å²) in [4.78, 5) is 25.9. The van der Waals surface area contributed by atoms with E-state index in [4.69, 9.17) is 0 Å². The number of piperazine rings is 1. The Balaban J connectivity index is 1.51. The van der Waals surface area contributed by atoms with E-state index in [1.807, 2.05) is 20.8 Å². The van der Waals surface area contributed by atoms with Crippen LogP contribution >= 0.6 is 0 Å². The van der Waals surface area contributed by atoms with Crippen LogP contribution in [0.15, 0.2) is 24.5 Å². The summed E-state index contributed by atoms with van der Waals surface area (Å²) in [5, 5.41) is 13.4. The van der Waals surface area contributed by atoms with Gasteiger partial charge in [-0.15, -0.1) is 0 Å². The Hall–Kier alpha value is -2.79. The second kappa shape index (κ2) is 10.3. The molecule has 3 atom stereocenters. The molecule has 2 heterocycles. The molecular weight excluding hydrogens is 478 g/mol. The number of nitrogens with one attached hydrogen (secondary N) is 1. The lowest BCUT2D eigenvalue weighted by molar-refractivity contribution is -0.137. The first-order valence-corrected chi connectivity index (χ1v) is 12.1. The Labute approximate surface area is 207 Å². The monoisotopic (exact) mass is 509 g/mol. The summed E-state index contributed by atoms with van der Waals surface area (Å²) in [6, 6.07) is 2.34. The fourth-order valence-corrected chi connectivity index (χ4v) is 4.98. The number of rotatable bonds is 6. The number of benzene rings is 1. The Kier molecular flexibility index (Phi) is 7.51. The van der Waals surface area contributed by atoms with Gasteiger partial charge in [-0.25, -0.2) is 14.4 Å². The Morgan fingerprint density at radius 1 is 1.19 bits per heavy atom. The Morgan fingerprint density at radius 2 is 1.89 bits per heavy atom. The van der Waals surface area contributed by atoms with Crippen LogP contribution in [0.3, 0.4) is 0 Å². The molecule has 7 nitrogen and oxygen atoms in total. The van der Waals surface area contributed by atoms with Gasteiger partial charge in [-0.2, -0.15) is 13.2 Å². The van der Waals surface area contributed by atoms with Gasteiger partial charge in [0.1, 0.15) is 18.0 Å². The molecule has 1 aromatic carbocycles. The average molecular weight is 510 g/mol. The van der Waals surface area contributed by atoms with E-state index in [0.717, 1.165) is 23.5 Å². The predicted molar refractivity (Wildman–Crippen MR) is 126 cm³/mol. The molecule has 0 saturated carbocycles. The van der Waals surface area contributed by atoms with Gasteiger partial charge in [-0.05, 0) is 24.5 Å². The maximum absolute atomic E-state index is 14.8. The largest absolute Gasteiger partial charge is 0.416 e. The van der Waals surface area contributed by atoms with Crippen LogP contribution in [0, 0.1) is 5.82 Å². The van der Waals surface area contributed by atoms with E-state index in [1.165, 1.54) is 6.33 Å². The van der Waals surface area contributed by atoms with Crippen molar-refractivity contribution < 1.29 is 27.5 Å². The summed E-state index contributed by atoms with van der Waals surface area (Å²) in [6.45, 7) is 7.56. The van der Waals surface area contributed by atoms with Gasteiger partial charge in [0.15, 0.2) is 0 Å². The lowest BCUT2D eigenvalue weighted by atomic mass is 9.94. The molecule has 0 bridgehead atoms. The standard InChI is InChI=1S/C25H31F4N5O2/c1-14(2)30-12-18(17-5-4-16(11-19(17)26)25(27,28)29)24(36)34-8-6-33(7-9-34)23-21-15(3)10-20(35)22(21)31-13-32-23/h4-5,11,13-15,18,20,30,35H,6-10,12H2,1-3H3/t15-,18-,20-/m1/s1. The minimum atomic E-state index is -4.67. The van der Waals surface area contributed by atoms with Gasteiger partial charge in [0.25, 0.3) is 0 Å². The topological polar surface area (TPSA) is 81.6 Å². The normalized spacial score (nSPS) is 21.1. The maximum atomic E-state index is 14.8. The maximum Gasteiger partial charge on any atom is 0.416 e. The minimum absolute atomic E-state index is 0.00635.